The minimum atomic E-state index is -3.47. The number of anilines is 1. The van der Waals surface area contributed by atoms with E-state index >= 15 is 0 Å². The molecular weight excluding hydrogens is 474 g/mol. The van der Waals surface area contributed by atoms with E-state index in [1.807, 2.05) is 60.2 Å². The average Bonchev–Trinajstić information content (AvgIpc) is 3.44. The summed E-state index contributed by atoms with van der Waals surface area (Å²) in [5.41, 5.74) is 2.79. The number of nitrogens with zero attached hydrogens (tertiary/aromatic N) is 5. The second-order valence-electron chi connectivity index (χ2n) is 8.61. The highest BCUT2D eigenvalue weighted by Gasteiger charge is 2.40. The monoisotopic (exact) mass is 499 g/mol. The summed E-state index contributed by atoms with van der Waals surface area (Å²) >= 11 is 1.55. The number of methoxy groups -OCH3 is 1. The number of nitrogens with one attached hydrogen (secondary N) is 2. The normalized spacial score (nSPS) is 17.3. The fraction of sp³-hybridized carbons (Fsp3) is 0.318. The second-order valence-corrected chi connectivity index (χ2v) is 11.2. The highest BCUT2D eigenvalue weighted by molar-refractivity contribution is 7.87. The first-order valence-corrected chi connectivity index (χ1v) is 13.0. The third-order valence-corrected chi connectivity index (χ3v) is 8.02. The molecule has 0 bridgehead atoms. The topological polar surface area (TPSA) is 114 Å². The van der Waals surface area contributed by atoms with Crippen LogP contribution in [0, 0.1) is 0 Å². The molecule has 4 heterocycles. The molecule has 5 rings (SSSR count). The van der Waals surface area contributed by atoms with Gasteiger partial charge in [-0.1, -0.05) is 12.1 Å². The molecule has 1 aliphatic rings. The number of hydrogen-bond acceptors (Lipinski definition) is 8. The predicted molar refractivity (Wildman–Crippen MR) is 132 cm³/mol. The van der Waals surface area contributed by atoms with Crippen LogP contribution in [-0.4, -0.2) is 64.4 Å². The third-order valence-electron chi connectivity index (χ3n) is 5.46. The zero-order valence-corrected chi connectivity index (χ0v) is 20.7. The molecule has 178 valence electrons. The number of imidazole rings is 1. The number of benzene rings is 1. The van der Waals surface area contributed by atoms with Gasteiger partial charge >= 0.3 is 0 Å². The van der Waals surface area contributed by atoms with Crippen molar-refractivity contribution in [2.45, 2.75) is 19.4 Å². The van der Waals surface area contributed by atoms with E-state index in [0.29, 0.717) is 31.3 Å². The molecule has 10 nitrogen and oxygen atoms in total. The zero-order chi connectivity index (χ0) is 23.9. The van der Waals surface area contributed by atoms with Crippen LogP contribution < -0.4 is 14.8 Å². The summed E-state index contributed by atoms with van der Waals surface area (Å²) in [4.78, 5) is 14.7. The van der Waals surface area contributed by atoms with Crippen molar-refractivity contribution in [1.82, 2.24) is 28.4 Å². The van der Waals surface area contributed by atoms with Crippen LogP contribution in [-0.2, 0) is 10.2 Å². The van der Waals surface area contributed by atoms with Crippen LogP contribution in [0.4, 0.5) is 5.95 Å². The van der Waals surface area contributed by atoms with E-state index in [2.05, 4.69) is 15.0 Å². The van der Waals surface area contributed by atoms with Crippen LogP contribution in [0.3, 0.4) is 0 Å². The number of thiazole rings is 1. The fourth-order valence-corrected chi connectivity index (χ4v) is 6.47. The van der Waals surface area contributed by atoms with Crippen LogP contribution >= 0.6 is 11.3 Å². The maximum atomic E-state index is 12.3. The molecule has 1 aliphatic heterocycles. The lowest BCUT2D eigenvalue weighted by Crippen LogP contribution is -2.36. The Hall–Kier alpha value is -3.06. The minimum absolute atomic E-state index is 0.308. The van der Waals surface area contributed by atoms with Crippen molar-refractivity contribution in [3.05, 3.63) is 48.1 Å². The number of hydrogen-bond donors (Lipinski definition) is 2. The van der Waals surface area contributed by atoms with E-state index in [1.165, 1.54) is 4.31 Å². The first-order valence-electron chi connectivity index (χ1n) is 10.7. The lowest BCUT2D eigenvalue weighted by atomic mass is 10.1. The smallest absolute Gasteiger partial charge is 0.280 e. The summed E-state index contributed by atoms with van der Waals surface area (Å²) in [5.74, 6) is 1.17. The quantitative estimate of drug-likeness (QED) is 0.402. The Kier molecular flexibility index (Phi) is 5.76. The second kappa shape index (κ2) is 8.62. The van der Waals surface area contributed by atoms with Gasteiger partial charge in [0.15, 0.2) is 4.96 Å². The molecule has 4 aromatic rings. The first-order chi connectivity index (χ1) is 16.3. The van der Waals surface area contributed by atoms with Crippen LogP contribution in [0.2, 0.25) is 0 Å². The Labute approximate surface area is 201 Å². The van der Waals surface area contributed by atoms with Gasteiger partial charge in [-0.15, -0.1) is 11.3 Å². The molecule has 0 unspecified atom stereocenters. The van der Waals surface area contributed by atoms with Crippen molar-refractivity contribution < 1.29 is 13.2 Å². The van der Waals surface area contributed by atoms with Gasteiger partial charge < -0.3 is 10.1 Å². The zero-order valence-electron chi connectivity index (χ0n) is 19.0. The Balaban J connectivity index is 1.41. The van der Waals surface area contributed by atoms with Gasteiger partial charge in [0.05, 0.1) is 18.5 Å². The van der Waals surface area contributed by atoms with Gasteiger partial charge in [-0.25, -0.2) is 15.0 Å². The number of aromatic nitrogens is 4. The predicted octanol–water partition coefficient (Wildman–Crippen LogP) is 2.87. The van der Waals surface area contributed by atoms with Crippen molar-refractivity contribution in [2.24, 2.45) is 0 Å². The van der Waals surface area contributed by atoms with E-state index in [0.717, 1.165) is 27.7 Å². The highest BCUT2D eigenvalue weighted by Crippen LogP contribution is 2.34. The van der Waals surface area contributed by atoms with Crippen molar-refractivity contribution in [3.63, 3.8) is 0 Å². The van der Waals surface area contributed by atoms with Gasteiger partial charge in [0.2, 0.25) is 5.95 Å². The van der Waals surface area contributed by atoms with Gasteiger partial charge in [0, 0.05) is 48.5 Å². The molecule has 12 heteroatoms. The Morgan fingerprint density at radius 1 is 1.26 bits per heavy atom. The van der Waals surface area contributed by atoms with Crippen LogP contribution in [0.1, 0.15) is 13.8 Å². The molecule has 1 saturated heterocycles. The van der Waals surface area contributed by atoms with Gasteiger partial charge in [-0.2, -0.15) is 17.4 Å². The van der Waals surface area contributed by atoms with Gasteiger partial charge in [-0.05, 0) is 32.0 Å². The Morgan fingerprint density at radius 3 is 2.88 bits per heavy atom. The van der Waals surface area contributed by atoms with E-state index in [-0.39, 0.29) is 0 Å². The molecule has 1 aromatic carbocycles. The van der Waals surface area contributed by atoms with Crippen molar-refractivity contribution >= 4 is 32.5 Å². The maximum absolute atomic E-state index is 12.3. The molecular formula is C22H25N7O3S2. The molecule has 2 N–H and O–H groups in total. The van der Waals surface area contributed by atoms with E-state index in [9.17, 15) is 8.42 Å². The molecule has 1 fully saturated rings. The molecule has 0 aliphatic carbocycles. The minimum Gasteiger partial charge on any atom is -0.497 e. The van der Waals surface area contributed by atoms with E-state index in [4.69, 9.17) is 14.7 Å². The van der Waals surface area contributed by atoms with Crippen molar-refractivity contribution in [1.29, 1.82) is 0 Å². The Morgan fingerprint density at radius 2 is 2.12 bits per heavy atom. The summed E-state index contributed by atoms with van der Waals surface area (Å²) in [7, 11) is -1.83. The number of ether oxygens (including phenoxy) is 1. The van der Waals surface area contributed by atoms with E-state index < -0.39 is 15.7 Å². The summed E-state index contributed by atoms with van der Waals surface area (Å²) < 4.78 is 36.1. The van der Waals surface area contributed by atoms with Gasteiger partial charge in [0.1, 0.15) is 11.4 Å². The highest BCUT2D eigenvalue weighted by atomic mass is 32.2. The summed E-state index contributed by atoms with van der Waals surface area (Å²) in [6.45, 7) is 4.82. The Bertz CT molecular complexity index is 1450. The third kappa shape index (κ3) is 4.37. The lowest BCUT2D eigenvalue weighted by Gasteiger charge is -2.16. The van der Waals surface area contributed by atoms with Crippen molar-refractivity contribution in [3.8, 4) is 28.4 Å². The molecule has 0 radical (unpaired) electrons. The van der Waals surface area contributed by atoms with Crippen molar-refractivity contribution in [2.75, 3.05) is 32.1 Å². The van der Waals surface area contributed by atoms with Crippen LogP contribution in [0.25, 0.3) is 27.6 Å². The molecule has 0 amide bonds. The largest absolute Gasteiger partial charge is 0.497 e. The number of rotatable bonds is 7. The standard InChI is InChI=1S/C22H25N7O3S2/c1-22(2)14-28(34(30,31)27-22)10-9-24-20-23-8-7-17(25-20)19-18(26-21-29(19)11-12-33-21)15-5-4-6-16(13-15)32-3/h4-8,11-13,27H,9-10,14H2,1-3H3,(H,23,24,25). The molecule has 34 heavy (non-hydrogen) atoms. The summed E-state index contributed by atoms with van der Waals surface area (Å²) in [6, 6.07) is 9.60. The summed E-state index contributed by atoms with van der Waals surface area (Å²) in [6.07, 6.45) is 3.65. The summed E-state index contributed by atoms with van der Waals surface area (Å²) in [5, 5.41) is 5.13. The average molecular weight is 500 g/mol. The fourth-order valence-electron chi connectivity index (χ4n) is 4.04. The molecule has 0 spiro atoms. The molecule has 0 atom stereocenters. The maximum Gasteiger partial charge on any atom is 0.280 e. The SMILES string of the molecule is COc1cccc(-c2nc3sccn3c2-c2ccnc(NCCN3CC(C)(C)NS3(=O)=O)n2)c1. The molecule has 3 aromatic heterocycles. The van der Waals surface area contributed by atoms with Gasteiger partial charge in [0.25, 0.3) is 10.2 Å². The first kappa shape index (κ1) is 22.7. The van der Waals surface area contributed by atoms with Gasteiger partial charge in [-0.3, -0.25) is 4.40 Å². The van der Waals surface area contributed by atoms with Crippen LogP contribution in [0.15, 0.2) is 48.1 Å². The van der Waals surface area contributed by atoms with E-state index in [1.54, 1.807) is 24.6 Å². The lowest BCUT2D eigenvalue weighted by molar-refractivity contribution is 0.388. The van der Waals surface area contributed by atoms with Crippen LogP contribution in [0.5, 0.6) is 5.75 Å². The number of fused-ring (bicyclic) bond motifs is 1. The molecule has 0 saturated carbocycles.